The highest BCUT2D eigenvalue weighted by Crippen LogP contribution is 2.43. The first kappa shape index (κ1) is 19.7. The fourth-order valence-corrected chi connectivity index (χ4v) is 4.46. The van der Waals surface area contributed by atoms with E-state index in [1.807, 2.05) is 55.6 Å². The number of nitrogens with zero attached hydrogens (tertiary/aromatic N) is 1. The number of furan rings is 1. The molecule has 5 heteroatoms. The molecule has 3 heterocycles. The summed E-state index contributed by atoms with van der Waals surface area (Å²) in [7, 11) is 0. The molecule has 0 fully saturated rings. The lowest BCUT2D eigenvalue weighted by Gasteiger charge is -2.21. The summed E-state index contributed by atoms with van der Waals surface area (Å²) >= 11 is 0. The molecule has 3 aromatic carbocycles. The molecule has 0 amide bonds. The van der Waals surface area contributed by atoms with Crippen molar-refractivity contribution in [2.24, 2.45) is 0 Å². The lowest BCUT2D eigenvalue weighted by Crippen LogP contribution is -2.08. The molecule has 0 saturated heterocycles. The molecule has 1 aliphatic rings. The highest BCUT2D eigenvalue weighted by Gasteiger charge is 2.26. The summed E-state index contributed by atoms with van der Waals surface area (Å²) in [4.78, 5) is 4.80. The van der Waals surface area contributed by atoms with Crippen LogP contribution in [0.15, 0.2) is 83.4 Å². The van der Waals surface area contributed by atoms with Crippen LogP contribution in [-0.2, 0) is 6.61 Å². The normalized spacial score (nSPS) is 13.3. The van der Waals surface area contributed by atoms with E-state index >= 15 is 0 Å². The third-order valence-corrected chi connectivity index (χ3v) is 6.09. The number of benzene rings is 3. The number of para-hydroxylation sites is 1. The van der Waals surface area contributed by atoms with Crippen LogP contribution in [0.4, 0.5) is 4.39 Å². The van der Waals surface area contributed by atoms with Crippen molar-refractivity contribution in [2.45, 2.75) is 19.6 Å². The number of rotatable bonds is 3. The number of aliphatic hydroxyl groups excluding tert-OH is 1. The number of aromatic nitrogens is 1. The summed E-state index contributed by atoms with van der Waals surface area (Å²) in [6.45, 7) is 2.46. The maximum absolute atomic E-state index is 13.4. The molecule has 0 radical (unpaired) electrons. The Morgan fingerprint density at radius 2 is 1.82 bits per heavy atom. The van der Waals surface area contributed by atoms with Crippen LogP contribution in [0.2, 0.25) is 0 Å². The average molecular weight is 437 g/mol. The molecule has 33 heavy (non-hydrogen) atoms. The Morgan fingerprint density at radius 1 is 1.00 bits per heavy atom. The SMILES string of the molecule is Cc1ccc2c(c1)-c1ncc(-c3c([C@@H](O)c4ccc(F)cc4)oc4ccccc34)cc1CO2. The number of halogens is 1. The number of pyridine rings is 1. The second-order valence-electron chi connectivity index (χ2n) is 8.31. The second kappa shape index (κ2) is 7.57. The number of hydrogen-bond acceptors (Lipinski definition) is 4. The van der Waals surface area contributed by atoms with Gasteiger partial charge in [-0.1, -0.05) is 42.0 Å². The first-order chi connectivity index (χ1) is 16.1. The first-order valence-corrected chi connectivity index (χ1v) is 10.8. The number of ether oxygens (including phenoxy) is 1. The van der Waals surface area contributed by atoms with Crippen LogP contribution in [0.1, 0.15) is 28.6 Å². The van der Waals surface area contributed by atoms with Gasteiger partial charge in [-0.25, -0.2) is 4.39 Å². The summed E-state index contributed by atoms with van der Waals surface area (Å²) in [6, 6.07) is 21.6. The summed E-state index contributed by atoms with van der Waals surface area (Å²) in [6.07, 6.45) is 0.762. The largest absolute Gasteiger partial charge is 0.488 e. The molecule has 0 bridgehead atoms. The van der Waals surface area contributed by atoms with Crippen molar-refractivity contribution in [3.05, 3.63) is 107 Å². The van der Waals surface area contributed by atoms with Crippen LogP contribution in [0, 0.1) is 12.7 Å². The van der Waals surface area contributed by atoms with Crippen molar-refractivity contribution in [3.8, 4) is 28.1 Å². The zero-order valence-electron chi connectivity index (χ0n) is 17.9. The Kier molecular flexibility index (Phi) is 4.52. The van der Waals surface area contributed by atoms with Crippen molar-refractivity contribution in [1.82, 2.24) is 4.98 Å². The molecule has 0 aliphatic carbocycles. The molecular weight excluding hydrogens is 417 g/mol. The minimum atomic E-state index is -1.05. The quantitative estimate of drug-likeness (QED) is 0.346. The number of hydrogen-bond donors (Lipinski definition) is 1. The van der Waals surface area contributed by atoms with Crippen molar-refractivity contribution in [1.29, 1.82) is 0 Å². The van der Waals surface area contributed by atoms with Crippen LogP contribution >= 0.6 is 0 Å². The van der Waals surface area contributed by atoms with Gasteiger partial charge in [-0.15, -0.1) is 0 Å². The van der Waals surface area contributed by atoms with Gasteiger partial charge in [0, 0.05) is 33.8 Å². The lowest BCUT2D eigenvalue weighted by molar-refractivity contribution is 0.193. The number of aryl methyl sites for hydroxylation is 1. The molecule has 4 nitrogen and oxygen atoms in total. The zero-order chi connectivity index (χ0) is 22.5. The Balaban J connectivity index is 1.52. The van der Waals surface area contributed by atoms with Crippen molar-refractivity contribution >= 4 is 11.0 Å². The van der Waals surface area contributed by atoms with Gasteiger partial charge in [0.25, 0.3) is 0 Å². The van der Waals surface area contributed by atoms with Crippen LogP contribution in [0.3, 0.4) is 0 Å². The van der Waals surface area contributed by atoms with E-state index in [2.05, 4.69) is 6.07 Å². The Labute approximate surface area is 189 Å². The fraction of sp³-hybridized carbons (Fsp3) is 0.107. The lowest BCUT2D eigenvalue weighted by atomic mass is 9.94. The third-order valence-electron chi connectivity index (χ3n) is 6.09. The highest BCUT2D eigenvalue weighted by atomic mass is 19.1. The molecule has 5 aromatic rings. The average Bonchev–Trinajstić information content (AvgIpc) is 3.23. The maximum Gasteiger partial charge on any atom is 0.146 e. The van der Waals surface area contributed by atoms with Crippen molar-refractivity contribution < 1.29 is 18.7 Å². The third kappa shape index (κ3) is 3.29. The van der Waals surface area contributed by atoms with E-state index in [9.17, 15) is 9.50 Å². The first-order valence-electron chi connectivity index (χ1n) is 10.8. The van der Waals surface area contributed by atoms with Crippen LogP contribution in [0.5, 0.6) is 5.75 Å². The Hall–Kier alpha value is -3.96. The van der Waals surface area contributed by atoms with Gasteiger partial charge < -0.3 is 14.3 Å². The summed E-state index contributed by atoms with van der Waals surface area (Å²) in [5.41, 5.74) is 6.81. The predicted octanol–water partition coefficient (Wildman–Crippen LogP) is 6.58. The molecular formula is C28H20FNO3. The van der Waals surface area contributed by atoms with Crippen molar-refractivity contribution in [3.63, 3.8) is 0 Å². The van der Waals surface area contributed by atoms with Gasteiger partial charge in [-0.3, -0.25) is 4.98 Å². The maximum atomic E-state index is 13.4. The topological polar surface area (TPSA) is 55.5 Å². The van der Waals surface area contributed by atoms with E-state index in [-0.39, 0.29) is 5.82 Å². The standard InChI is InChI=1S/C28H20FNO3/c1-16-6-11-23-22(12-16)26-19(15-32-23)13-18(14-30-26)25-21-4-2-3-5-24(21)33-28(25)27(31)17-7-9-20(29)10-8-17/h2-14,27,31H,15H2,1H3/t27-/m0/s1. The Morgan fingerprint density at radius 3 is 2.67 bits per heavy atom. The van der Waals surface area contributed by atoms with Gasteiger partial charge in [-0.05, 0) is 48.9 Å². The van der Waals surface area contributed by atoms with E-state index in [1.165, 1.54) is 12.1 Å². The molecule has 6 rings (SSSR count). The molecule has 0 spiro atoms. The van der Waals surface area contributed by atoms with E-state index < -0.39 is 6.10 Å². The van der Waals surface area contributed by atoms with E-state index in [1.54, 1.807) is 12.1 Å². The van der Waals surface area contributed by atoms with Gasteiger partial charge in [-0.2, -0.15) is 0 Å². The summed E-state index contributed by atoms with van der Waals surface area (Å²) < 4.78 is 25.5. The highest BCUT2D eigenvalue weighted by molar-refractivity contribution is 5.96. The summed E-state index contributed by atoms with van der Waals surface area (Å²) in [5, 5.41) is 12.0. The molecule has 1 N–H and O–H groups in total. The molecule has 2 aromatic heterocycles. The van der Waals surface area contributed by atoms with Gasteiger partial charge >= 0.3 is 0 Å². The van der Waals surface area contributed by atoms with E-state index in [0.29, 0.717) is 23.5 Å². The molecule has 1 aliphatic heterocycles. The van der Waals surface area contributed by atoms with Gasteiger partial charge in [0.15, 0.2) is 0 Å². The molecule has 162 valence electrons. The second-order valence-corrected chi connectivity index (χ2v) is 8.31. The smallest absolute Gasteiger partial charge is 0.146 e. The van der Waals surface area contributed by atoms with Gasteiger partial charge in [0.2, 0.25) is 0 Å². The van der Waals surface area contributed by atoms with Crippen LogP contribution in [0.25, 0.3) is 33.4 Å². The predicted molar refractivity (Wildman–Crippen MR) is 124 cm³/mol. The van der Waals surface area contributed by atoms with Gasteiger partial charge in [0.05, 0.1) is 5.69 Å². The number of fused-ring (bicyclic) bond motifs is 4. The fourth-order valence-electron chi connectivity index (χ4n) is 4.46. The zero-order valence-corrected chi connectivity index (χ0v) is 17.9. The summed E-state index contributed by atoms with van der Waals surface area (Å²) in [5.74, 6) is 0.872. The van der Waals surface area contributed by atoms with E-state index in [4.69, 9.17) is 14.1 Å². The van der Waals surface area contributed by atoms with Crippen LogP contribution in [-0.4, -0.2) is 10.1 Å². The minimum absolute atomic E-state index is 0.356. The molecule has 1 atom stereocenters. The van der Waals surface area contributed by atoms with Crippen LogP contribution < -0.4 is 4.74 Å². The molecule has 0 saturated carbocycles. The minimum Gasteiger partial charge on any atom is -0.488 e. The molecule has 0 unspecified atom stereocenters. The van der Waals surface area contributed by atoms with Crippen molar-refractivity contribution in [2.75, 3.05) is 0 Å². The van der Waals surface area contributed by atoms with E-state index in [0.717, 1.165) is 44.6 Å². The number of aliphatic hydroxyl groups is 1. The monoisotopic (exact) mass is 437 g/mol. The van der Waals surface area contributed by atoms with Gasteiger partial charge in [0.1, 0.15) is 35.6 Å². The Bertz CT molecular complexity index is 1500.